The average molecular weight is 215 g/mol. The average Bonchev–Trinajstić information content (AvgIpc) is 2.28. The first-order chi connectivity index (χ1) is 7.69. The molecule has 16 heavy (non-hydrogen) atoms. The van der Waals surface area contributed by atoms with Gasteiger partial charge < -0.3 is 11.1 Å². The van der Waals surface area contributed by atoms with Gasteiger partial charge in [-0.05, 0) is 24.3 Å². The first kappa shape index (κ1) is 11.7. The molecule has 0 spiro atoms. The number of carbonyl (C=O) groups excluding carboxylic acids is 1. The van der Waals surface area contributed by atoms with Crippen molar-refractivity contribution in [3.8, 4) is 0 Å². The molecule has 0 bridgehead atoms. The number of carbonyl (C=O) groups is 1. The summed E-state index contributed by atoms with van der Waals surface area (Å²) in [6.45, 7) is 7.10. The van der Waals surface area contributed by atoms with E-state index in [0.29, 0.717) is 11.3 Å². The lowest BCUT2D eigenvalue weighted by Crippen LogP contribution is -2.23. The number of hydrogen-bond donors (Lipinski definition) is 2. The van der Waals surface area contributed by atoms with E-state index < -0.39 is 0 Å². The van der Waals surface area contributed by atoms with Crippen LogP contribution < -0.4 is 11.1 Å². The van der Waals surface area contributed by atoms with Crippen LogP contribution in [0, 0.1) is 0 Å². The van der Waals surface area contributed by atoms with Crippen LogP contribution in [-0.4, -0.2) is 10.9 Å². The van der Waals surface area contributed by atoms with Crippen molar-refractivity contribution in [2.24, 2.45) is 0 Å². The Hall–Kier alpha value is -2.36. The molecule has 0 aliphatic rings. The molecule has 1 rings (SSSR count). The van der Waals surface area contributed by atoms with Gasteiger partial charge >= 0.3 is 0 Å². The Bertz CT molecular complexity index is 449. The number of anilines is 1. The number of amides is 1. The van der Waals surface area contributed by atoms with Gasteiger partial charge in [0.2, 0.25) is 0 Å². The summed E-state index contributed by atoms with van der Waals surface area (Å²) in [5.74, 6) is -0.124. The Morgan fingerprint density at radius 2 is 2.25 bits per heavy atom. The molecule has 0 unspecified atom stereocenters. The van der Waals surface area contributed by atoms with Crippen LogP contribution in [0.4, 0.5) is 5.82 Å². The highest BCUT2D eigenvalue weighted by molar-refractivity contribution is 5.99. The lowest BCUT2D eigenvalue weighted by atomic mass is 10.2. The summed E-state index contributed by atoms with van der Waals surface area (Å²) in [7, 11) is 0. The number of nitrogens with two attached hydrogens (primary N) is 1. The van der Waals surface area contributed by atoms with Gasteiger partial charge in [0, 0.05) is 11.9 Å². The zero-order chi connectivity index (χ0) is 12.0. The fourth-order valence-electron chi connectivity index (χ4n) is 1.10. The van der Waals surface area contributed by atoms with Gasteiger partial charge in [-0.15, -0.1) is 0 Å². The number of allylic oxidation sites excluding steroid dienone is 3. The Balaban J connectivity index is 2.88. The molecule has 0 aromatic carbocycles. The van der Waals surface area contributed by atoms with E-state index in [-0.39, 0.29) is 11.7 Å². The normalized spacial score (nSPS) is 10.6. The fraction of sp³-hybridized carbons (Fsp3) is 0. The summed E-state index contributed by atoms with van der Waals surface area (Å²) in [4.78, 5) is 15.6. The standard InChI is InChI=1S/C12H13N3O/c1-3-6-9(4-2)15-12(16)10-7-5-8-14-11(10)13/h3-8H,1-2H2,(H2,13,14)(H,15,16)/b9-6+. The van der Waals surface area contributed by atoms with E-state index in [9.17, 15) is 4.79 Å². The van der Waals surface area contributed by atoms with E-state index in [1.54, 1.807) is 24.3 Å². The summed E-state index contributed by atoms with van der Waals surface area (Å²) < 4.78 is 0. The molecular weight excluding hydrogens is 202 g/mol. The maximum absolute atomic E-state index is 11.8. The van der Waals surface area contributed by atoms with Gasteiger partial charge in [0.25, 0.3) is 5.91 Å². The lowest BCUT2D eigenvalue weighted by Gasteiger charge is -2.06. The number of nitrogens with one attached hydrogen (secondary N) is 1. The molecule has 1 aromatic heterocycles. The Morgan fingerprint density at radius 1 is 1.50 bits per heavy atom. The molecule has 4 nitrogen and oxygen atoms in total. The van der Waals surface area contributed by atoms with E-state index in [1.165, 1.54) is 12.3 Å². The number of nitrogens with zero attached hydrogens (tertiary/aromatic N) is 1. The predicted octanol–water partition coefficient (Wildman–Crippen LogP) is 1.65. The quantitative estimate of drug-likeness (QED) is 0.750. The van der Waals surface area contributed by atoms with Crippen LogP contribution in [-0.2, 0) is 0 Å². The van der Waals surface area contributed by atoms with Gasteiger partial charge in [-0.3, -0.25) is 4.79 Å². The van der Waals surface area contributed by atoms with Crippen molar-refractivity contribution >= 4 is 11.7 Å². The van der Waals surface area contributed by atoms with Crippen LogP contribution in [0.25, 0.3) is 0 Å². The summed E-state index contributed by atoms with van der Waals surface area (Å²) in [5.41, 5.74) is 6.47. The van der Waals surface area contributed by atoms with E-state index in [0.717, 1.165) is 0 Å². The molecular formula is C12H13N3O. The van der Waals surface area contributed by atoms with E-state index >= 15 is 0 Å². The summed E-state index contributed by atoms with van der Waals surface area (Å²) >= 11 is 0. The Kier molecular flexibility index (Phi) is 4.03. The maximum atomic E-state index is 11.8. The van der Waals surface area contributed by atoms with Gasteiger partial charge in [0.15, 0.2) is 0 Å². The number of aromatic nitrogens is 1. The third kappa shape index (κ3) is 2.81. The van der Waals surface area contributed by atoms with E-state index in [4.69, 9.17) is 5.73 Å². The van der Waals surface area contributed by atoms with Crippen LogP contribution in [0.2, 0.25) is 0 Å². The molecule has 0 saturated carbocycles. The molecule has 4 heteroatoms. The van der Waals surface area contributed by atoms with Crippen molar-refractivity contribution in [1.82, 2.24) is 10.3 Å². The number of hydrogen-bond acceptors (Lipinski definition) is 3. The Morgan fingerprint density at radius 3 is 2.81 bits per heavy atom. The molecule has 0 atom stereocenters. The molecule has 0 aliphatic carbocycles. The molecule has 82 valence electrons. The van der Waals surface area contributed by atoms with Crippen LogP contribution >= 0.6 is 0 Å². The topological polar surface area (TPSA) is 68.0 Å². The van der Waals surface area contributed by atoms with E-state index in [1.807, 2.05) is 0 Å². The van der Waals surface area contributed by atoms with Crippen molar-refractivity contribution in [1.29, 1.82) is 0 Å². The minimum Gasteiger partial charge on any atom is -0.383 e. The first-order valence-electron chi connectivity index (χ1n) is 4.66. The number of nitrogen functional groups attached to an aromatic ring is 1. The van der Waals surface area contributed by atoms with Crippen molar-refractivity contribution in [3.63, 3.8) is 0 Å². The smallest absolute Gasteiger partial charge is 0.259 e. The fourth-order valence-corrected chi connectivity index (χ4v) is 1.10. The molecule has 0 radical (unpaired) electrons. The van der Waals surface area contributed by atoms with Gasteiger partial charge in [0.05, 0.1) is 5.56 Å². The minimum absolute atomic E-state index is 0.196. The second kappa shape index (κ2) is 5.50. The zero-order valence-electron chi connectivity index (χ0n) is 8.81. The second-order valence-electron chi connectivity index (χ2n) is 2.95. The summed E-state index contributed by atoms with van der Waals surface area (Å²) in [6, 6.07) is 3.25. The van der Waals surface area contributed by atoms with Gasteiger partial charge in [-0.1, -0.05) is 19.2 Å². The van der Waals surface area contributed by atoms with Gasteiger partial charge in [0.1, 0.15) is 5.82 Å². The van der Waals surface area contributed by atoms with Crippen LogP contribution in [0.3, 0.4) is 0 Å². The van der Waals surface area contributed by atoms with Crippen LogP contribution in [0.5, 0.6) is 0 Å². The Labute approximate surface area is 94.2 Å². The van der Waals surface area contributed by atoms with Crippen molar-refractivity contribution < 1.29 is 4.79 Å². The molecule has 0 fully saturated rings. The second-order valence-corrected chi connectivity index (χ2v) is 2.95. The lowest BCUT2D eigenvalue weighted by molar-refractivity contribution is 0.0968. The van der Waals surface area contributed by atoms with Crippen LogP contribution in [0.15, 0.2) is 55.4 Å². The van der Waals surface area contributed by atoms with Crippen LogP contribution in [0.1, 0.15) is 10.4 Å². The SMILES string of the molecule is C=C/C=C(\C=C)NC(=O)c1cccnc1N. The zero-order valence-corrected chi connectivity index (χ0v) is 8.81. The minimum atomic E-state index is -0.321. The third-order valence-electron chi connectivity index (χ3n) is 1.86. The number of rotatable bonds is 4. The highest BCUT2D eigenvalue weighted by atomic mass is 16.1. The largest absolute Gasteiger partial charge is 0.383 e. The molecule has 3 N–H and O–H groups in total. The molecule has 0 aliphatic heterocycles. The molecule has 1 aromatic rings. The molecule has 1 amide bonds. The van der Waals surface area contributed by atoms with Gasteiger partial charge in [-0.25, -0.2) is 4.98 Å². The monoisotopic (exact) mass is 215 g/mol. The van der Waals surface area contributed by atoms with Crippen molar-refractivity contribution in [2.75, 3.05) is 5.73 Å². The highest BCUT2D eigenvalue weighted by Gasteiger charge is 2.09. The molecule has 0 saturated heterocycles. The van der Waals surface area contributed by atoms with Gasteiger partial charge in [-0.2, -0.15) is 0 Å². The van der Waals surface area contributed by atoms with E-state index in [2.05, 4.69) is 23.5 Å². The predicted molar refractivity (Wildman–Crippen MR) is 64.6 cm³/mol. The highest BCUT2D eigenvalue weighted by Crippen LogP contribution is 2.07. The maximum Gasteiger partial charge on any atom is 0.259 e. The molecule has 1 heterocycles. The summed E-state index contributed by atoms with van der Waals surface area (Å²) in [6.07, 6.45) is 6.24. The third-order valence-corrected chi connectivity index (χ3v) is 1.86. The van der Waals surface area contributed by atoms with Crippen molar-refractivity contribution in [3.05, 3.63) is 61.0 Å². The van der Waals surface area contributed by atoms with Crippen molar-refractivity contribution in [2.45, 2.75) is 0 Å². The first-order valence-corrected chi connectivity index (χ1v) is 4.66. The number of pyridine rings is 1. The summed E-state index contributed by atoms with van der Waals surface area (Å²) in [5, 5.41) is 2.64.